The van der Waals surface area contributed by atoms with Gasteiger partial charge >= 0.3 is 0 Å². The molecule has 1 aliphatic heterocycles. The summed E-state index contributed by atoms with van der Waals surface area (Å²) in [5, 5.41) is 19.0. The third-order valence-corrected chi connectivity index (χ3v) is 3.38. The van der Waals surface area contributed by atoms with Crippen molar-refractivity contribution in [2.45, 2.75) is 38.4 Å². The number of aliphatic hydroxyl groups excluding tert-OH is 1. The van der Waals surface area contributed by atoms with Crippen molar-refractivity contribution in [3.63, 3.8) is 0 Å². The Morgan fingerprint density at radius 1 is 1.35 bits per heavy atom. The van der Waals surface area contributed by atoms with E-state index >= 15 is 0 Å². The Morgan fingerprint density at radius 2 is 2.18 bits per heavy atom. The van der Waals surface area contributed by atoms with Crippen LogP contribution < -0.4 is 4.90 Å². The van der Waals surface area contributed by atoms with Crippen molar-refractivity contribution in [1.82, 2.24) is 4.98 Å². The van der Waals surface area contributed by atoms with Gasteiger partial charge in [0.25, 0.3) is 0 Å². The zero-order valence-corrected chi connectivity index (χ0v) is 10.3. The van der Waals surface area contributed by atoms with E-state index in [0.717, 1.165) is 43.7 Å². The molecule has 0 saturated carbocycles. The third-order valence-electron chi connectivity index (χ3n) is 3.38. The fourth-order valence-corrected chi connectivity index (χ4v) is 2.19. The quantitative estimate of drug-likeness (QED) is 0.813. The number of aliphatic hydroxyl groups is 2. The Balaban J connectivity index is 2.06. The smallest absolute Gasteiger partial charge is 0.128 e. The number of hydrogen-bond acceptors (Lipinski definition) is 4. The first-order chi connectivity index (χ1) is 8.11. The molecule has 0 aliphatic carbocycles. The molecule has 94 valence electrons. The molecular formula is C13H20N2O2. The molecule has 0 radical (unpaired) electrons. The van der Waals surface area contributed by atoms with Gasteiger partial charge in [-0.3, -0.25) is 0 Å². The minimum Gasteiger partial charge on any atom is -0.392 e. The molecule has 2 N–H and O–H groups in total. The molecule has 0 aromatic carbocycles. The molecule has 1 aromatic rings. The van der Waals surface area contributed by atoms with Gasteiger partial charge in [0.2, 0.25) is 0 Å². The number of aromatic nitrogens is 1. The van der Waals surface area contributed by atoms with Crippen LogP contribution in [0.15, 0.2) is 18.3 Å². The predicted molar refractivity (Wildman–Crippen MR) is 66.8 cm³/mol. The molecule has 0 bridgehead atoms. The Labute approximate surface area is 102 Å². The average Bonchev–Trinajstić information content (AvgIpc) is 2.50. The SMILES string of the molecule is CC1(O)CCCN(c2ccc(CO)cn2)CC1. The maximum atomic E-state index is 10.0. The lowest BCUT2D eigenvalue weighted by Crippen LogP contribution is -2.28. The van der Waals surface area contributed by atoms with Crippen molar-refractivity contribution in [3.8, 4) is 0 Å². The molecule has 1 unspecified atom stereocenters. The van der Waals surface area contributed by atoms with Crippen molar-refractivity contribution in [3.05, 3.63) is 23.9 Å². The van der Waals surface area contributed by atoms with Gasteiger partial charge in [-0.25, -0.2) is 4.98 Å². The Kier molecular flexibility index (Phi) is 3.64. The minimum atomic E-state index is -0.542. The topological polar surface area (TPSA) is 56.6 Å². The number of nitrogens with zero attached hydrogens (tertiary/aromatic N) is 2. The molecule has 2 heterocycles. The summed E-state index contributed by atoms with van der Waals surface area (Å²) < 4.78 is 0. The zero-order chi connectivity index (χ0) is 12.3. The van der Waals surface area contributed by atoms with E-state index in [-0.39, 0.29) is 6.61 Å². The molecule has 1 aliphatic rings. The van der Waals surface area contributed by atoms with E-state index in [2.05, 4.69) is 9.88 Å². The van der Waals surface area contributed by atoms with E-state index in [9.17, 15) is 5.11 Å². The maximum Gasteiger partial charge on any atom is 0.128 e. The van der Waals surface area contributed by atoms with E-state index in [1.165, 1.54) is 0 Å². The van der Waals surface area contributed by atoms with Gasteiger partial charge in [-0.1, -0.05) is 6.07 Å². The number of anilines is 1. The molecule has 0 amide bonds. The molecule has 1 saturated heterocycles. The van der Waals surface area contributed by atoms with Crippen LogP contribution in [-0.4, -0.2) is 33.9 Å². The fourth-order valence-electron chi connectivity index (χ4n) is 2.19. The first-order valence-corrected chi connectivity index (χ1v) is 6.14. The molecule has 0 spiro atoms. The van der Waals surface area contributed by atoms with Gasteiger partial charge in [-0.15, -0.1) is 0 Å². The first-order valence-electron chi connectivity index (χ1n) is 6.14. The summed E-state index contributed by atoms with van der Waals surface area (Å²) in [6, 6.07) is 3.83. The van der Waals surface area contributed by atoms with E-state index in [1.54, 1.807) is 6.20 Å². The molecule has 2 rings (SSSR count). The van der Waals surface area contributed by atoms with Crippen LogP contribution in [0.4, 0.5) is 5.82 Å². The zero-order valence-electron chi connectivity index (χ0n) is 10.3. The highest BCUT2D eigenvalue weighted by molar-refractivity contribution is 5.39. The maximum absolute atomic E-state index is 10.0. The molecule has 1 atom stereocenters. The number of pyridine rings is 1. The van der Waals surface area contributed by atoms with Crippen LogP contribution in [0, 0.1) is 0 Å². The first kappa shape index (κ1) is 12.3. The van der Waals surface area contributed by atoms with E-state index in [4.69, 9.17) is 5.11 Å². The highest BCUT2D eigenvalue weighted by atomic mass is 16.3. The fraction of sp³-hybridized carbons (Fsp3) is 0.615. The van der Waals surface area contributed by atoms with Crippen molar-refractivity contribution >= 4 is 5.82 Å². The lowest BCUT2D eigenvalue weighted by molar-refractivity contribution is 0.0481. The van der Waals surface area contributed by atoms with Gasteiger partial charge in [0.15, 0.2) is 0 Å². The lowest BCUT2D eigenvalue weighted by Gasteiger charge is -2.23. The van der Waals surface area contributed by atoms with Crippen LogP contribution in [-0.2, 0) is 6.61 Å². The predicted octanol–water partition coefficient (Wildman–Crippen LogP) is 1.32. The van der Waals surface area contributed by atoms with Gasteiger partial charge in [0.1, 0.15) is 5.82 Å². The van der Waals surface area contributed by atoms with Gasteiger partial charge in [0.05, 0.1) is 12.2 Å². The average molecular weight is 236 g/mol. The summed E-state index contributed by atoms with van der Waals surface area (Å²) in [6.07, 6.45) is 4.31. The molecule has 4 nitrogen and oxygen atoms in total. The summed E-state index contributed by atoms with van der Waals surface area (Å²) in [7, 11) is 0. The van der Waals surface area contributed by atoms with Crippen molar-refractivity contribution < 1.29 is 10.2 Å². The molecule has 17 heavy (non-hydrogen) atoms. The number of rotatable bonds is 2. The van der Waals surface area contributed by atoms with Crippen LogP contribution in [0.5, 0.6) is 0 Å². The Morgan fingerprint density at radius 3 is 2.82 bits per heavy atom. The summed E-state index contributed by atoms with van der Waals surface area (Å²) in [5.41, 5.74) is 0.287. The van der Waals surface area contributed by atoms with Crippen molar-refractivity contribution in [2.24, 2.45) is 0 Å². The van der Waals surface area contributed by atoms with Gasteiger partial charge < -0.3 is 15.1 Å². The Bertz CT molecular complexity index is 362. The molecule has 1 aromatic heterocycles. The van der Waals surface area contributed by atoms with Gasteiger partial charge in [-0.05, 0) is 37.8 Å². The highest BCUT2D eigenvalue weighted by Crippen LogP contribution is 2.24. The van der Waals surface area contributed by atoms with Crippen molar-refractivity contribution in [1.29, 1.82) is 0 Å². The monoisotopic (exact) mass is 236 g/mol. The molecule has 1 fully saturated rings. The standard InChI is InChI=1S/C13H20N2O2/c1-13(17)5-2-7-15(8-6-13)12-4-3-11(10-16)9-14-12/h3-4,9,16-17H,2,5-8,10H2,1H3. The van der Waals surface area contributed by atoms with E-state index < -0.39 is 5.60 Å². The normalized spacial score (nSPS) is 25.7. The highest BCUT2D eigenvalue weighted by Gasteiger charge is 2.25. The van der Waals surface area contributed by atoms with Gasteiger partial charge in [-0.2, -0.15) is 0 Å². The second kappa shape index (κ2) is 5.02. The van der Waals surface area contributed by atoms with Crippen LogP contribution >= 0.6 is 0 Å². The van der Waals surface area contributed by atoms with E-state index in [0.29, 0.717) is 0 Å². The van der Waals surface area contributed by atoms with Crippen LogP contribution in [0.2, 0.25) is 0 Å². The second-order valence-corrected chi connectivity index (χ2v) is 5.02. The van der Waals surface area contributed by atoms with Gasteiger partial charge in [0, 0.05) is 19.3 Å². The summed E-state index contributed by atoms with van der Waals surface area (Å²) in [4.78, 5) is 6.54. The summed E-state index contributed by atoms with van der Waals surface area (Å²) in [6.45, 7) is 3.70. The molecular weight excluding hydrogens is 216 g/mol. The van der Waals surface area contributed by atoms with E-state index in [1.807, 2.05) is 19.1 Å². The summed E-state index contributed by atoms with van der Waals surface area (Å²) >= 11 is 0. The van der Waals surface area contributed by atoms with Crippen molar-refractivity contribution in [2.75, 3.05) is 18.0 Å². The number of hydrogen-bond donors (Lipinski definition) is 2. The van der Waals surface area contributed by atoms with Crippen LogP contribution in [0.1, 0.15) is 31.7 Å². The van der Waals surface area contributed by atoms with Crippen LogP contribution in [0.25, 0.3) is 0 Å². The Hall–Kier alpha value is -1.13. The minimum absolute atomic E-state index is 0.0298. The summed E-state index contributed by atoms with van der Waals surface area (Å²) in [5.74, 6) is 0.930. The second-order valence-electron chi connectivity index (χ2n) is 5.02. The third kappa shape index (κ3) is 3.17. The molecule has 4 heteroatoms. The largest absolute Gasteiger partial charge is 0.392 e. The lowest BCUT2D eigenvalue weighted by atomic mass is 9.98. The van der Waals surface area contributed by atoms with Crippen LogP contribution in [0.3, 0.4) is 0 Å².